The van der Waals surface area contributed by atoms with Crippen molar-refractivity contribution in [1.29, 1.82) is 0 Å². The van der Waals surface area contributed by atoms with Crippen molar-refractivity contribution in [2.45, 2.75) is 18.9 Å². The Labute approximate surface area is 111 Å². The molecule has 0 aliphatic heterocycles. The number of nitrogens with zero attached hydrogens (tertiary/aromatic N) is 1. The molecule has 0 heterocycles. The zero-order chi connectivity index (χ0) is 13.9. The van der Waals surface area contributed by atoms with Crippen molar-refractivity contribution in [3.63, 3.8) is 0 Å². The van der Waals surface area contributed by atoms with Crippen molar-refractivity contribution < 1.29 is 13.5 Å². The Morgan fingerprint density at radius 1 is 1.26 bits per heavy atom. The molecule has 0 N–H and O–H groups in total. The smallest absolute Gasteiger partial charge is 0.295 e. The van der Waals surface area contributed by atoms with Crippen molar-refractivity contribution in [2.75, 3.05) is 7.11 Å². The second-order valence-corrected chi connectivity index (χ2v) is 4.31. The summed E-state index contributed by atoms with van der Waals surface area (Å²) in [7, 11) is 1.37. The van der Waals surface area contributed by atoms with E-state index in [0.717, 1.165) is 11.6 Å². The molecule has 0 bridgehead atoms. The number of aliphatic imine (C=N–C) groups is 1. The van der Waals surface area contributed by atoms with Crippen LogP contribution in [0.25, 0.3) is 0 Å². The molecule has 0 saturated heterocycles. The predicted octanol–water partition coefficient (Wildman–Crippen LogP) is 3.60. The van der Waals surface area contributed by atoms with Gasteiger partial charge in [0.2, 0.25) is 0 Å². The molecule has 1 unspecified atom stereocenters. The molecule has 4 heteroatoms. The monoisotopic (exact) mass is 263 g/mol. The largest absolute Gasteiger partial charge is 0.497 e. The molecule has 100 valence electrons. The molecule has 1 atom stereocenters. The van der Waals surface area contributed by atoms with E-state index in [2.05, 4.69) is 4.99 Å². The summed E-state index contributed by atoms with van der Waals surface area (Å²) in [6, 6.07) is 8.09. The van der Waals surface area contributed by atoms with Crippen molar-refractivity contribution in [3.8, 4) is 0 Å². The number of ether oxygens (including phenoxy) is 1. The first-order valence-corrected chi connectivity index (χ1v) is 5.95. The second-order valence-electron chi connectivity index (χ2n) is 4.31. The van der Waals surface area contributed by atoms with Crippen LogP contribution < -0.4 is 0 Å². The summed E-state index contributed by atoms with van der Waals surface area (Å²) in [6.07, 6.45) is 3.69. The van der Waals surface area contributed by atoms with Gasteiger partial charge in [-0.3, -0.25) is 4.99 Å². The van der Waals surface area contributed by atoms with Gasteiger partial charge in [0, 0.05) is 11.8 Å². The predicted molar refractivity (Wildman–Crippen MR) is 71.6 cm³/mol. The number of methoxy groups -OCH3 is 1. The van der Waals surface area contributed by atoms with Crippen molar-refractivity contribution in [2.24, 2.45) is 4.99 Å². The number of allylic oxidation sites excluding steroid dienone is 1. The standard InChI is InChI=1S/C15H15F2NO/c1-11(12-6-4-3-5-7-12)18-14-9-8-13(19-2)10-15(14,16)17/h3-10,14H,1-2H3. The lowest BCUT2D eigenvalue weighted by molar-refractivity contribution is 0.0359. The van der Waals surface area contributed by atoms with Crippen LogP contribution in [0.4, 0.5) is 8.78 Å². The van der Waals surface area contributed by atoms with E-state index in [1.807, 2.05) is 30.3 Å². The molecule has 0 spiro atoms. The number of hydrogen-bond donors (Lipinski definition) is 0. The molecule has 0 saturated carbocycles. The summed E-state index contributed by atoms with van der Waals surface area (Å²) in [5, 5.41) is 0. The SMILES string of the molecule is COC1=CC(F)(F)C(N=C(C)c2ccccc2)C=C1. The molecule has 1 aromatic rings. The lowest BCUT2D eigenvalue weighted by atomic mass is 10.0. The number of benzene rings is 1. The Morgan fingerprint density at radius 2 is 1.95 bits per heavy atom. The Bertz CT molecular complexity index is 532. The van der Waals surface area contributed by atoms with Gasteiger partial charge in [0.15, 0.2) is 0 Å². The first kappa shape index (κ1) is 13.5. The van der Waals surface area contributed by atoms with Gasteiger partial charge >= 0.3 is 0 Å². The van der Waals surface area contributed by atoms with E-state index < -0.39 is 12.0 Å². The summed E-state index contributed by atoms with van der Waals surface area (Å²) >= 11 is 0. The van der Waals surface area contributed by atoms with Gasteiger partial charge in [0.1, 0.15) is 11.8 Å². The molecule has 19 heavy (non-hydrogen) atoms. The fourth-order valence-corrected chi connectivity index (χ4v) is 1.86. The Hall–Kier alpha value is -1.97. The first-order valence-electron chi connectivity index (χ1n) is 5.95. The van der Waals surface area contributed by atoms with Gasteiger partial charge < -0.3 is 4.74 Å². The summed E-state index contributed by atoms with van der Waals surface area (Å²) in [5.74, 6) is -2.87. The zero-order valence-electron chi connectivity index (χ0n) is 10.8. The van der Waals surface area contributed by atoms with E-state index in [9.17, 15) is 8.78 Å². The van der Waals surface area contributed by atoms with Crippen LogP contribution in [0.15, 0.2) is 59.3 Å². The molecule has 2 nitrogen and oxygen atoms in total. The zero-order valence-corrected chi connectivity index (χ0v) is 10.8. The van der Waals surface area contributed by atoms with Crippen molar-refractivity contribution in [1.82, 2.24) is 0 Å². The average Bonchev–Trinajstić information content (AvgIpc) is 2.41. The van der Waals surface area contributed by atoms with Gasteiger partial charge in [-0.1, -0.05) is 36.4 Å². The molecule has 1 aliphatic carbocycles. The summed E-state index contributed by atoms with van der Waals surface area (Å²) < 4.78 is 32.5. The first-order chi connectivity index (χ1) is 9.03. The minimum atomic E-state index is -3.03. The van der Waals surface area contributed by atoms with Gasteiger partial charge in [-0.15, -0.1) is 0 Å². The van der Waals surface area contributed by atoms with Crippen LogP contribution in [0.2, 0.25) is 0 Å². The highest BCUT2D eigenvalue weighted by molar-refractivity contribution is 5.98. The van der Waals surface area contributed by atoms with Crippen LogP contribution in [0.3, 0.4) is 0 Å². The summed E-state index contributed by atoms with van der Waals surface area (Å²) in [4.78, 5) is 4.11. The molecular formula is C15H15F2NO. The maximum Gasteiger partial charge on any atom is 0.295 e. The van der Waals surface area contributed by atoms with Crippen LogP contribution in [-0.4, -0.2) is 24.8 Å². The van der Waals surface area contributed by atoms with Gasteiger partial charge in [-0.2, -0.15) is 8.78 Å². The van der Waals surface area contributed by atoms with Crippen LogP contribution in [0.5, 0.6) is 0 Å². The van der Waals surface area contributed by atoms with Crippen LogP contribution in [0.1, 0.15) is 12.5 Å². The minimum absolute atomic E-state index is 0.161. The molecular weight excluding hydrogens is 248 g/mol. The van der Waals surface area contributed by atoms with E-state index in [1.54, 1.807) is 6.92 Å². The van der Waals surface area contributed by atoms with Gasteiger partial charge in [-0.25, -0.2) is 0 Å². The topological polar surface area (TPSA) is 21.6 Å². The highest BCUT2D eigenvalue weighted by Crippen LogP contribution is 2.30. The Balaban J connectivity index is 2.25. The quantitative estimate of drug-likeness (QED) is 0.763. The highest BCUT2D eigenvalue weighted by atomic mass is 19.3. The second kappa shape index (κ2) is 5.34. The van der Waals surface area contributed by atoms with E-state index in [-0.39, 0.29) is 5.76 Å². The molecule has 1 aliphatic rings. The molecule has 1 aromatic carbocycles. The Morgan fingerprint density at radius 3 is 2.53 bits per heavy atom. The fourth-order valence-electron chi connectivity index (χ4n) is 1.86. The highest BCUT2D eigenvalue weighted by Gasteiger charge is 2.38. The number of rotatable bonds is 3. The summed E-state index contributed by atoms with van der Waals surface area (Å²) in [5.41, 5.74) is 1.43. The molecule has 0 amide bonds. The average molecular weight is 263 g/mol. The van der Waals surface area contributed by atoms with E-state index in [1.165, 1.54) is 19.3 Å². The molecule has 0 fully saturated rings. The van der Waals surface area contributed by atoms with Gasteiger partial charge in [0.25, 0.3) is 5.92 Å². The Kier molecular flexibility index (Phi) is 3.79. The number of hydrogen-bond acceptors (Lipinski definition) is 2. The fraction of sp³-hybridized carbons (Fsp3) is 0.267. The van der Waals surface area contributed by atoms with Gasteiger partial charge in [0.05, 0.1) is 7.11 Å². The van der Waals surface area contributed by atoms with Crippen molar-refractivity contribution >= 4 is 5.71 Å². The van der Waals surface area contributed by atoms with E-state index >= 15 is 0 Å². The normalized spacial score (nSPS) is 22.0. The third-order valence-corrected chi connectivity index (χ3v) is 2.93. The minimum Gasteiger partial charge on any atom is -0.497 e. The number of halogens is 2. The molecule has 2 rings (SSSR count). The molecule has 0 aromatic heterocycles. The lowest BCUT2D eigenvalue weighted by Gasteiger charge is -2.22. The maximum absolute atomic E-state index is 13.9. The molecule has 0 radical (unpaired) electrons. The summed E-state index contributed by atoms with van der Waals surface area (Å²) in [6.45, 7) is 1.73. The third kappa shape index (κ3) is 3.08. The van der Waals surface area contributed by atoms with E-state index in [0.29, 0.717) is 5.71 Å². The van der Waals surface area contributed by atoms with Gasteiger partial charge in [-0.05, 0) is 18.6 Å². The third-order valence-electron chi connectivity index (χ3n) is 2.93. The number of alkyl halides is 2. The lowest BCUT2D eigenvalue weighted by Crippen LogP contribution is -2.31. The van der Waals surface area contributed by atoms with E-state index in [4.69, 9.17) is 4.74 Å². The van der Waals surface area contributed by atoms with Crippen LogP contribution in [-0.2, 0) is 4.74 Å². The van der Waals surface area contributed by atoms with Crippen molar-refractivity contribution in [3.05, 3.63) is 59.9 Å². The van der Waals surface area contributed by atoms with Crippen LogP contribution >= 0.6 is 0 Å². The maximum atomic E-state index is 13.9. The van der Waals surface area contributed by atoms with Crippen LogP contribution in [0, 0.1) is 0 Å².